The number of amides is 6. The van der Waals surface area contributed by atoms with E-state index in [2.05, 4.69) is 46.9 Å². The fourth-order valence-corrected chi connectivity index (χ4v) is 6.67. The van der Waals surface area contributed by atoms with E-state index in [1.54, 1.807) is 41.3 Å². The molecule has 63 heavy (non-hydrogen) atoms. The van der Waals surface area contributed by atoms with Gasteiger partial charge in [0.15, 0.2) is 17.3 Å². The lowest BCUT2D eigenvalue weighted by Crippen LogP contribution is -2.54. The Balaban J connectivity index is 0.774. The number of anilines is 3. The highest BCUT2D eigenvalue weighted by atomic mass is 16.6. The molecular formula is C41H49N11O11. The fraction of sp³-hybridized carbons (Fsp3) is 0.415. The molecule has 6 amide bonds. The fourth-order valence-electron chi connectivity index (χ4n) is 6.67. The maximum Gasteiger partial charge on any atom is 0.273 e. The summed E-state index contributed by atoms with van der Waals surface area (Å²) >= 11 is 0. The van der Waals surface area contributed by atoms with Crippen molar-refractivity contribution in [2.45, 2.75) is 31.8 Å². The number of hydrogen-bond donors (Lipinski definition) is 5. The van der Waals surface area contributed by atoms with Gasteiger partial charge in [0.25, 0.3) is 17.7 Å². The Kier molecular flexibility index (Phi) is 16.5. The van der Waals surface area contributed by atoms with E-state index in [4.69, 9.17) is 23.7 Å². The minimum absolute atomic E-state index is 0.0506. The van der Waals surface area contributed by atoms with Crippen LogP contribution in [-0.2, 0) is 39.9 Å². The Morgan fingerprint density at radius 3 is 2.24 bits per heavy atom. The molecule has 0 radical (unpaired) electrons. The van der Waals surface area contributed by atoms with E-state index in [0.29, 0.717) is 100 Å². The third-order valence-corrected chi connectivity index (χ3v) is 9.71. The monoisotopic (exact) mass is 871 g/mol. The largest absolute Gasteiger partial charge is 0.494 e. The summed E-state index contributed by atoms with van der Waals surface area (Å²) < 4.78 is 29.5. The summed E-state index contributed by atoms with van der Waals surface area (Å²) in [5.41, 5.74) is 2.61. The predicted octanol–water partition coefficient (Wildman–Crippen LogP) is 0.933. The Hall–Kier alpha value is -6.88. The molecule has 22 heteroatoms. The molecule has 5 N–H and O–H groups in total. The van der Waals surface area contributed by atoms with E-state index in [-0.39, 0.29) is 48.6 Å². The standard InChI is InChI=1S/C41H49N11O11/c1-42-39(56)35-29(11-13-46-49-35)47-30-8-4-6-27(36(30)59-2)37-45-25-51(50-37)16-14-44-32(53)12-17-60-19-21-62-23-24-63-22-20-61-18-15-43-28-7-3-5-26-34(28)41(58)52(40(26)57)31-9-10-33(54)48-38(31)55/h3-8,11,13,25,31,43H,9-10,12,14-24H2,1-2H3,(H,42,56)(H,44,53)(H,46,47)(H,48,54,55). The van der Waals surface area contributed by atoms with Gasteiger partial charge in [0.1, 0.15) is 12.4 Å². The van der Waals surface area contributed by atoms with Crippen molar-refractivity contribution < 1.29 is 52.5 Å². The van der Waals surface area contributed by atoms with Crippen molar-refractivity contribution in [1.29, 1.82) is 0 Å². The molecule has 2 aromatic heterocycles. The van der Waals surface area contributed by atoms with Crippen LogP contribution >= 0.6 is 0 Å². The number of fused-ring (bicyclic) bond motifs is 1. The van der Waals surface area contributed by atoms with Crippen LogP contribution in [0.3, 0.4) is 0 Å². The number of carbonyl (C=O) groups is 6. The molecule has 0 bridgehead atoms. The van der Waals surface area contributed by atoms with E-state index in [0.717, 1.165) is 4.90 Å². The van der Waals surface area contributed by atoms with Crippen LogP contribution in [0, 0.1) is 0 Å². The number of imide groups is 2. The van der Waals surface area contributed by atoms with E-state index in [9.17, 15) is 28.8 Å². The van der Waals surface area contributed by atoms with Gasteiger partial charge in [-0.3, -0.25) is 43.7 Å². The highest BCUT2D eigenvalue weighted by Gasteiger charge is 2.45. The first-order valence-electron chi connectivity index (χ1n) is 20.2. The highest BCUT2D eigenvalue weighted by molar-refractivity contribution is 6.25. The predicted molar refractivity (Wildman–Crippen MR) is 223 cm³/mol. The molecule has 1 unspecified atom stereocenters. The Morgan fingerprint density at radius 1 is 0.825 bits per heavy atom. The summed E-state index contributed by atoms with van der Waals surface area (Å²) in [7, 11) is 3.04. The van der Waals surface area contributed by atoms with Crippen LogP contribution in [0.25, 0.3) is 11.4 Å². The molecule has 0 spiro atoms. The number of aromatic nitrogens is 5. The first-order valence-corrected chi connectivity index (χ1v) is 20.2. The number of ether oxygens (including phenoxy) is 5. The Labute approximate surface area is 361 Å². The highest BCUT2D eigenvalue weighted by Crippen LogP contribution is 2.37. The topological polar surface area (TPSA) is 268 Å². The van der Waals surface area contributed by atoms with Crippen molar-refractivity contribution in [1.82, 2.24) is 45.8 Å². The summed E-state index contributed by atoms with van der Waals surface area (Å²) in [6.45, 7) is 3.66. The van der Waals surface area contributed by atoms with Crippen LogP contribution in [-0.4, -0.2) is 151 Å². The van der Waals surface area contributed by atoms with Crippen molar-refractivity contribution in [2.24, 2.45) is 0 Å². The number of benzene rings is 2. The summed E-state index contributed by atoms with van der Waals surface area (Å²) in [6.07, 6.45) is 3.36. The van der Waals surface area contributed by atoms with Crippen LogP contribution in [0.4, 0.5) is 17.1 Å². The molecule has 0 saturated carbocycles. The summed E-state index contributed by atoms with van der Waals surface area (Å²) in [5.74, 6) is -1.91. The number of nitrogens with one attached hydrogen (secondary N) is 5. The molecule has 1 atom stereocenters. The smallest absolute Gasteiger partial charge is 0.273 e. The molecule has 4 aromatic rings. The first-order chi connectivity index (χ1) is 30.7. The van der Waals surface area contributed by atoms with Gasteiger partial charge in [-0.05, 0) is 36.8 Å². The zero-order valence-corrected chi connectivity index (χ0v) is 34.8. The molecule has 1 fully saturated rings. The number of nitrogens with zero attached hydrogens (tertiary/aromatic N) is 6. The van der Waals surface area contributed by atoms with Crippen LogP contribution in [0.15, 0.2) is 55.0 Å². The number of carbonyl (C=O) groups excluding carboxylic acids is 6. The van der Waals surface area contributed by atoms with Crippen molar-refractivity contribution in [3.8, 4) is 17.1 Å². The molecule has 4 heterocycles. The van der Waals surface area contributed by atoms with Gasteiger partial charge in [0.05, 0.1) is 101 Å². The van der Waals surface area contributed by atoms with E-state index >= 15 is 0 Å². The zero-order chi connectivity index (χ0) is 44.6. The Bertz CT molecular complexity index is 2270. The lowest BCUT2D eigenvalue weighted by molar-refractivity contribution is -0.136. The lowest BCUT2D eigenvalue weighted by Gasteiger charge is -2.27. The third kappa shape index (κ3) is 11.9. The molecule has 1 saturated heterocycles. The van der Waals surface area contributed by atoms with Gasteiger partial charge < -0.3 is 45.0 Å². The third-order valence-electron chi connectivity index (χ3n) is 9.71. The molecule has 2 aliphatic heterocycles. The lowest BCUT2D eigenvalue weighted by atomic mass is 10.0. The van der Waals surface area contributed by atoms with Crippen molar-refractivity contribution >= 4 is 52.5 Å². The molecule has 2 aromatic carbocycles. The van der Waals surface area contributed by atoms with Crippen LogP contribution < -0.4 is 31.3 Å². The second-order valence-electron chi connectivity index (χ2n) is 13.9. The number of piperidine rings is 1. The molecule has 334 valence electrons. The quantitative estimate of drug-likeness (QED) is 0.0458. The maximum absolute atomic E-state index is 13.2. The molecule has 2 aliphatic rings. The number of hydrogen-bond acceptors (Lipinski definition) is 17. The average Bonchev–Trinajstić information content (AvgIpc) is 3.86. The van der Waals surface area contributed by atoms with Gasteiger partial charge in [-0.15, -0.1) is 5.10 Å². The molecule has 0 aliphatic carbocycles. The number of methoxy groups -OCH3 is 1. The molecule has 6 rings (SSSR count). The van der Waals surface area contributed by atoms with Gasteiger partial charge >= 0.3 is 0 Å². The van der Waals surface area contributed by atoms with Crippen LogP contribution in [0.5, 0.6) is 5.75 Å². The SMILES string of the molecule is CNC(=O)c1nnccc1Nc1cccc(-c2ncn(CCNC(=O)CCOCCOCCOCCOCCNc3cccc4c3C(=O)N(C3CCC(=O)NC3=O)C4=O)n2)c1OC. The first kappa shape index (κ1) is 45.6. The minimum Gasteiger partial charge on any atom is -0.494 e. The second-order valence-corrected chi connectivity index (χ2v) is 13.9. The average molecular weight is 872 g/mol. The summed E-state index contributed by atoms with van der Waals surface area (Å²) in [6, 6.07) is 10.9. The Morgan fingerprint density at radius 2 is 1.52 bits per heavy atom. The summed E-state index contributed by atoms with van der Waals surface area (Å²) in [4.78, 5) is 80.0. The molecular weight excluding hydrogens is 823 g/mol. The second kappa shape index (κ2) is 22.8. The van der Waals surface area contributed by atoms with Crippen molar-refractivity contribution in [3.63, 3.8) is 0 Å². The van der Waals surface area contributed by atoms with Gasteiger partial charge in [-0.25, -0.2) is 4.98 Å². The minimum atomic E-state index is -1.03. The van der Waals surface area contributed by atoms with Crippen molar-refractivity contribution in [2.75, 3.05) is 90.7 Å². The van der Waals surface area contributed by atoms with Crippen LogP contribution in [0.1, 0.15) is 50.5 Å². The van der Waals surface area contributed by atoms with Gasteiger partial charge in [0, 0.05) is 38.7 Å². The van der Waals surface area contributed by atoms with Crippen molar-refractivity contribution in [3.05, 3.63) is 71.8 Å². The normalized spacial score (nSPS) is 14.6. The zero-order valence-electron chi connectivity index (χ0n) is 34.8. The van der Waals surface area contributed by atoms with Gasteiger partial charge in [0.2, 0.25) is 17.7 Å². The van der Waals surface area contributed by atoms with Crippen LogP contribution in [0.2, 0.25) is 0 Å². The van der Waals surface area contributed by atoms with E-state index < -0.39 is 35.6 Å². The maximum atomic E-state index is 13.2. The number of para-hydroxylation sites is 1. The molecule has 22 nitrogen and oxygen atoms in total. The number of rotatable bonds is 25. The summed E-state index contributed by atoms with van der Waals surface area (Å²) in [5, 5.41) is 26.2. The van der Waals surface area contributed by atoms with Gasteiger partial charge in [-0.2, -0.15) is 10.2 Å². The van der Waals surface area contributed by atoms with E-state index in [1.807, 2.05) is 6.07 Å². The van der Waals surface area contributed by atoms with Gasteiger partial charge in [-0.1, -0.05) is 12.1 Å². The van der Waals surface area contributed by atoms with E-state index in [1.165, 1.54) is 26.4 Å².